The molecular formula is C16H23N3S. The lowest BCUT2D eigenvalue weighted by Crippen LogP contribution is -2.21. The first kappa shape index (κ1) is 15.1. The average Bonchev–Trinajstić information content (AvgIpc) is 2.73. The van der Waals surface area contributed by atoms with Crippen molar-refractivity contribution in [2.24, 2.45) is 7.05 Å². The monoisotopic (exact) mass is 289 g/mol. The van der Waals surface area contributed by atoms with Crippen molar-refractivity contribution in [3.05, 3.63) is 47.3 Å². The van der Waals surface area contributed by atoms with Gasteiger partial charge in [-0.3, -0.25) is 4.68 Å². The van der Waals surface area contributed by atoms with Crippen LogP contribution in [-0.2, 0) is 19.3 Å². The third-order valence-corrected chi connectivity index (χ3v) is 4.13. The van der Waals surface area contributed by atoms with E-state index < -0.39 is 0 Å². The fraction of sp³-hybridized carbons (Fsp3) is 0.438. The number of benzene rings is 1. The largest absolute Gasteiger partial charge is 0.310 e. The highest BCUT2D eigenvalue weighted by atomic mass is 32.2. The van der Waals surface area contributed by atoms with Crippen LogP contribution >= 0.6 is 11.8 Å². The number of nitrogens with zero attached hydrogens (tertiary/aromatic N) is 2. The summed E-state index contributed by atoms with van der Waals surface area (Å²) >= 11 is 1.86. The van der Waals surface area contributed by atoms with E-state index in [1.54, 1.807) is 0 Å². The summed E-state index contributed by atoms with van der Waals surface area (Å²) in [6, 6.07) is 11.4. The Bertz CT molecular complexity index is 561. The summed E-state index contributed by atoms with van der Waals surface area (Å²) in [5, 5.41) is 7.83. The van der Waals surface area contributed by atoms with Gasteiger partial charge in [-0.05, 0) is 30.7 Å². The SMILES string of the molecule is Cc1cc(CSc2cccc(CNC(C)C)c2)n(C)n1. The first-order chi connectivity index (χ1) is 9.54. The van der Waals surface area contributed by atoms with Crippen LogP contribution in [0.15, 0.2) is 35.2 Å². The third kappa shape index (κ3) is 4.39. The van der Waals surface area contributed by atoms with Crippen LogP contribution in [0.4, 0.5) is 0 Å². The summed E-state index contributed by atoms with van der Waals surface area (Å²) in [6.45, 7) is 7.30. The molecule has 1 N–H and O–H groups in total. The van der Waals surface area contributed by atoms with Crippen LogP contribution in [0.5, 0.6) is 0 Å². The van der Waals surface area contributed by atoms with Gasteiger partial charge in [-0.15, -0.1) is 11.8 Å². The maximum Gasteiger partial charge on any atom is 0.0596 e. The van der Waals surface area contributed by atoms with Gasteiger partial charge >= 0.3 is 0 Å². The summed E-state index contributed by atoms with van der Waals surface area (Å²) in [6.07, 6.45) is 0. The van der Waals surface area contributed by atoms with Crippen LogP contribution in [0.3, 0.4) is 0 Å². The molecule has 0 fully saturated rings. The van der Waals surface area contributed by atoms with E-state index >= 15 is 0 Å². The molecule has 0 bridgehead atoms. The van der Waals surface area contributed by atoms with Crippen LogP contribution in [0.2, 0.25) is 0 Å². The molecule has 0 saturated heterocycles. The number of thioether (sulfide) groups is 1. The van der Waals surface area contributed by atoms with E-state index in [-0.39, 0.29) is 0 Å². The van der Waals surface area contributed by atoms with Gasteiger partial charge in [0.15, 0.2) is 0 Å². The Kier molecular flexibility index (Phi) is 5.26. The highest BCUT2D eigenvalue weighted by Gasteiger charge is 2.04. The van der Waals surface area contributed by atoms with E-state index in [1.807, 2.05) is 30.4 Å². The zero-order valence-electron chi connectivity index (χ0n) is 12.7. The van der Waals surface area contributed by atoms with Crippen molar-refractivity contribution in [2.75, 3.05) is 0 Å². The molecule has 108 valence electrons. The molecule has 1 aromatic carbocycles. The Labute approximate surface area is 125 Å². The molecule has 0 saturated carbocycles. The summed E-state index contributed by atoms with van der Waals surface area (Å²) in [5.41, 5.74) is 3.68. The van der Waals surface area contributed by atoms with Crippen molar-refractivity contribution in [2.45, 2.75) is 44.0 Å². The molecule has 0 aliphatic rings. The zero-order valence-corrected chi connectivity index (χ0v) is 13.5. The second-order valence-electron chi connectivity index (χ2n) is 5.37. The lowest BCUT2D eigenvalue weighted by Gasteiger charge is -2.09. The molecule has 0 atom stereocenters. The van der Waals surface area contributed by atoms with Gasteiger partial charge in [-0.1, -0.05) is 26.0 Å². The van der Waals surface area contributed by atoms with Crippen molar-refractivity contribution >= 4 is 11.8 Å². The van der Waals surface area contributed by atoms with Crippen molar-refractivity contribution < 1.29 is 0 Å². The molecule has 4 heteroatoms. The summed E-state index contributed by atoms with van der Waals surface area (Å²) in [7, 11) is 2.01. The molecule has 0 radical (unpaired) electrons. The van der Waals surface area contributed by atoms with Crippen molar-refractivity contribution in [3.8, 4) is 0 Å². The van der Waals surface area contributed by atoms with Crippen LogP contribution < -0.4 is 5.32 Å². The average molecular weight is 289 g/mol. The minimum Gasteiger partial charge on any atom is -0.310 e. The third-order valence-electron chi connectivity index (χ3n) is 3.10. The molecule has 2 rings (SSSR count). The van der Waals surface area contributed by atoms with Gasteiger partial charge in [-0.25, -0.2) is 0 Å². The van der Waals surface area contributed by atoms with Crippen LogP contribution in [0.25, 0.3) is 0 Å². The normalized spacial score (nSPS) is 11.2. The predicted octanol–water partition coefficient (Wildman–Crippen LogP) is 3.52. The number of aryl methyl sites for hydroxylation is 2. The van der Waals surface area contributed by atoms with Gasteiger partial charge in [0, 0.05) is 36.0 Å². The molecular weight excluding hydrogens is 266 g/mol. The highest BCUT2D eigenvalue weighted by Crippen LogP contribution is 2.23. The van der Waals surface area contributed by atoms with Gasteiger partial charge in [0.25, 0.3) is 0 Å². The molecule has 0 aliphatic carbocycles. The van der Waals surface area contributed by atoms with Gasteiger partial charge in [-0.2, -0.15) is 5.10 Å². The first-order valence-corrected chi connectivity index (χ1v) is 7.98. The minimum absolute atomic E-state index is 0.517. The molecule has 20 heavy (non-hydrogen) atoms. The number of nitrogens with one attached hydrogen (secondary N) is 1. The minimum atomic E-state index is 0.517. The number of hydrogen-bond acceptors (Lipinski definition) is 3. The second-order valence-corrected chi connectivity index (χ2v) is 6.42. The molecule has 0 spiro atoms. The van der Waals surface area contributed by atoms with E-state index in [9.17, 15) is 0 Å². The molecule has 0 amide bonds. The van der Waals surface area contributed by atoms with Crippen LogP contribution in [0.1, 0.15) is 30.8 Å². The smallest absolute Gasteiger partial charge is 0.0596 e. The Morgan fingerprint density at radius 2 is 2.10 bits per heavy atom. The van der Waals surface area contributed by atoms with Gasteiger partial charge in [0.05, 0.1) is 5.69 Å². The van der Waals surface area contributed by atoms with E-state index in [4.69, 9.17) is 0 Å². The van der Waals surface area contributed by atoms with Gasteiger partial charge in [0.2, 0.25) is 0 Å². The van der Waals surface area contributed by atoms with Crippen molar-refractivity contribution in [1.29, 1.82) is 0 Å². The Morgan fingerprint density at radius 3 is 2.75 bits per heavy atom. The topological polar surface area (TPSA) is 29.9 Å². The molecule has 1 aromatic heterocycles. The molecule has 1 heterocycles. The molecule has 2 aromatic rings. The summed E-state index contributed by atoms with van der Waals surface area (Å²) < 4.78 is 1.96. The van der Waals surface area contributed by atoms with Crippen molar-refractivity contribution in [1.82, 2.24) is 15.1 Å². The van der Waals surface area contributed by atoms with E-state index in [1.165, 1.54) is 16.2 Å². The van der Waals surface area contributed by atoms with E-state index in [2.05, 4.69) is 54.6 Å². The summed E-state index contributed by atoms with van der Waals surface area (Å²) in [4.78, 5) is 1.31. The van der Waals surface area contributed by atoms with Gasteiger partial charge in [0.1, 0.15) is 0 Å². The predicted molar refractivity (Wildman–Crippen MR) is 85.9 cm³/mol. The number of aromatic nitrogens is 2. The van der Waals surface area contributed by atoms with Gasteiger partial charge < -0.3 is 5.32 Å². The maximum absolute atomic E-state index is 4.38. The Hall–Kier alpha value is -1.26. The number of hydrogen-bond donors (Lipinski definition) is 1. The lowest BCUT2D eigenvalue weighted by atomic mass is 10.2. The Morgan fingerprint density at radius 1 is 1.30 bits per heavy atom. The van der Waals surface area contributed by atoms with E-state index in [0.717, 1.165) is 18.0 Å². The highest BCUT2D eigenvalue weighted by molar-refractivity contribution is 7.98. The molecule has 3 nitrogen and oxygen atoms in total. The fourth-order valence-corrected chi connectivity index (χ4v) is 3.02. The molecule has 0 aliphatic heterocycles. The second kappa shape index (κ2) is 6.95. The first-order valence-electron chi connectivity index (χ1n) is 6.99. The molecule has 0 unspecified atom stereocenters. The fourth-order valence-electron chi connectivity index (χ4n) is 2.02. The quantitative estimate of drug-likeness (QED) is 0.825. The van der Waals surface area contributed by atoms with Crippen LogP contribution in [0, 0.1) is 6.92 Å². The Balaban J connectivity index is 1.96. The lowest BCUT2D eigenvalue weighted by molar-refractivity contribution is 0.588. The summed E-state index contributed by atoms with van der Waals surface area (Å²) in [5.74, 6) is 0.957. The van der Waals surface area contributed by atoms with Crippen LogP contribution in [-0.4, -0.2) is 15.8 Å². The van der Waals surface area contributed by atoms with E-state index in [0.29, 0.717) is 6.04 Å². The standard InChI is InChI=1S/C16H23N3S/c1-12(2)17-10-14-6-5-7-16(9-14)20-11-15-8-13(3)18-19(15)4/h5-9,12,17H,10-11H2,1-4H3. The maximum atomic E-state index is 4.38. The number of rotatable bonds is 6. The zero-order chi connectivity index (χ0) is 14.5. The van der Waals surface area contributed by atoms with Crippen molar-refractivity contribution in [3.63, 3.8) is 0 Å².